The summed E-state index contributed by atoms with van der Waals surface area (Å²) < 4.78 is 18.5. The summed E-state index contributed by atoms with van der Waals surface area (Å²) in [4.78, 5) is 23.7. The Morgan fingerprint density at radius 3 is 2.75 bits per heavy atom. The molecule has 2 aromatic carbocycles. The molecule has 3 rings (SSSR count). The van der Waals surface area contributed by atoms with E-state index in [2.05, 4.69) is 10.6 Å². The predicted molar refractivity (Wildman–Crippen MR) is 87.3 cm³/mol. The molecule has 1 aliphatic heterocycles. The van der Waals surface area contributed by atoms with Gasteiger partial charge in [0.15, 0.2) is 18.2 Å². The molecule has 24 heavy (non-hydrogen) atoms. The number of amides is 2. The third-order valence-electron chi connectivity index (χ3n) is 3.86. The van der Waals surface area contributed by atoms with E-state index in [0.29, 0.717) is 13.0 Å². The standard InChI is InChI=1S/C18H17FN2O3/c19-14-6-2-4-8-16(14)24-11-17(22)20-10-9-13-12-5-1-3-7-15(12)21-18(13)23/h1-8,13H,9-11H2,(H,20,22)(H,21,23). The van der Waals surface area contributed by atoms with Crippen molar-refractivity contribution in [2.24, 2.45) is 0 Å². The van der Waals surface area contributed by atoms with Gasteiger partial charge < -0.3 is 15.4 Å². The van der Waals surface area contributed by atoms with E-state index in [1.807, 2.05) is 24.3 Å². The molecule has 5 nitrogen and oxygen atoms in total. The van der Waals surface area contributed by atoms with Crippen LogP contribution >= 0.6 is 0 Å². The number of para-hydroxylation sites is 2. The van der Waals surface area contributed by atoms with Crippen molar-refractivity contribution in [3.63, 3.8) is 0 Å². The number of halogens is 1. The first-order valence-electron chi connectivity index (χ1n) is 7.69. The third-order valence-corrected chi connectivity index (χ3v) is 3.86. The van der Waals surface area contributed by atoms with Gasteiger partial charge in [-0.25, -0.2) is 4.39 Å². The zero-order chi connectivity index (χ0) is 16.9. The highest BCUT2D eigenvalue weighted by Gasteiger charge is 2.29. The van der Waals surface area contributed by atoms with E-state index >= 15 is 0 Å². The Morgan fingerprint density at radius 2 is 1.92 bits per heavy atom. The summed E-state index contributed by atoms with van der Waals surface area (Å²) in [7, 11) is 0. The van der Waals surface area contributed by atoms with Crippen molar-refractivity contribution in [2.45, 2.75) is 12.3 Å². The van der Waals surface area contributed by atoms with E-state index in [9.17, 15) is 14.0 Å². The molecular weight excluding hydrogens is 311 g/mol. The minimum absolute atomic E-state index is 0.0387. The maximum absolute atomic E-state index is 13.4. The maximum Gasteiger partial charge on any atom is 0.257 e. The van der Waals surface area contributed by atoms with Crippen LogP contribution in [0.5, 0.6) is 5.75 Å². The zero-order valence-electron chi connectivity index (χ0n) is 12.9. The van der Waals surface area contributed by atoms with Gasteiger partial charge in [0.05, 0.1) is 5.92 Å². The van der Waals surface area contributed by atoms with Gasteiger partial charge in [-0.1, -0.05) is 30.3 Å². The molecule has 1 atom stereocenters. The zero-order valence-corrected chi connectivity index (χ0v) is 12.9. The van der Waals surface area contributed by atoms with Crippen LogP contribution in [0.1, 0.15) is 17.9 Å². The molecule has 0 spiro atoms. The van der Waals surface area contributed by atoms with Crippen LogP contribution in [0.2, 0.25) is 0 Å². The fourth-order valence-corrected chi connectivity index (χ4v) is 2.67. The molecule has 1 aliphatic rings. The van der Waals surface area contributed by atoms with Crippen molar-refractivity contribution in [3.05, 3.63) is 59.9 Å². The molecule has 0 aromatic heterocycles. The fraction of sp³-hybridized carbons (Fsp3) is 0.222. The number of hydrogen-bond donors (Lipinski definition) is 2. The maximum atomic E-state index is 13.4. The first kappa shape index (κ1) is 16.0. The minimum atomic E-state index is -0.510. The van der Waals surface area contributed by atoms with Crippen LogP contribution in [0.15, 0.2) is 48.5 Å². The van der Waals surface area contributed by atoms with Gasteiger partial charge in [-0.05, 0) is 30.2 Å². The molecule has 0 aliphatic carbocycles. The lowest BCUT2D eigenvalue weighted by Crippen LogP contribution is -2.31. The first-order chi connectivity index (χ1) is 11.6. The second kappa shape index (κ2) is 7.12. The molecule has 124 valence electrons. The lowest BCUT2D eigenvalue weighted by Gasteiger charge is -2.11. The normalized spacial score (nSPS) is 15.5. The van der Waals surface area contributed by atoms with Crippen LogP contribution in [0.3, 0.4) is 0 Å². The summed E-state index contributed by atoms with van der Waals surface area (Å²) >= 11 is 0. The number of nitrogens with one attached hydrogen (secondary N) is 2. The summed E-state index contributed by atoms with van der Waals surface area (Å²) in [6, 6.07) is 13.4. The monoisotopic (exact) mass is 328 g/mol. The highest BCUT2D eigenvalue weighted by Crippen LogP contribution is 2.33. The Bertz CT molecular complexity index is 763. The van der Waals surface area contributed by atoms with Crippen LogP contribution in [-0.4, -0.2) is 25.0 Å². The van der Waals surface area contributed by atoms with E-state index in [1.54, 1.807) is 12.1 Å². The van der Waals surface area contributed by atoms with E-state index in [4.69, 9.17) is 4.74 Å². The van der Waals surface area contributed by atoms with Crippen molar-refractivity contribution in [1.29, 1.82) is 0 Å². The molecule has 6 heteroatoms. The highest BCUT2D eigenvalue weighted by molar-refractivity contribution is 6.02. The summed E-state index contributed by atoms with van der Waals surface area (Å²) in [6.45, 7) is 0.0697. The second-order valence-corrected chi connectivity index (χ2v) is 5.49. The number of carbonyl (C=O) groups is 2. The quantitative estimate of drug-likeness (QED) is 0.856. The molecule has 0 bridgehead atoms. The molecule has 2 N–H and O–H groups in total. The Labute approximate surface area is 138 Å². The van der Waals surface area contributed by atoms with Crippen LogP contribution in [0.4, 0.5) is 10.1 Å². The van der Waals surface area contributed by atoms with Gasteiger partial charge in [0.1, 0.15) is 0 Å². The van der Waals surface area contributed by atoms with Gasteiger partial charge in [-0.3, -0.25) is 9.59 Å². The van der Waals surface area contributed by atoms with Crippen LogP contribution in [-0.2, 0) is 9.59 Å². The molecule has 0 fully saturated rings. The molecule has 2 aromatic rings. The van der Waals surface area contributed by atoms with E-state index in [-0.39, 0.29) is 30.1 Å². The van der Waals surface area contributed by atoms with Crippen LogP contribution < -0.4 is 15.4 Å². The average Bonchev–Trinajstić information content (AvgIpc) is 2.90. The van der Waals surface area contributed by atoms with Gasteiger partial charge in [0.25, 0.3) is 5.91 Å². The topological polar surface area (TPSA) is 67.4 Å². The van der Waals surface area contributed by atoms with Gasteiger partial charge >= 0.3 is 0 Å². The predicted octanol–water partition coefficient (Wildman–Crippen LogP) is 2.45. The van der Waals surface area contributed by atoms with E-state index in [0.717, 1.165) is 11.3 Å². The van der Waals surface area contributed by atoms with Gasteiger partial charge in [-0.2, -0.15) is 0 Å². The number of benzene rings is 2. The number of fused-ring (bicyclic) bond motifs is 1. The van der Waals surface area contributed by atoms with Crippen LogP contribution in [0, 0.1) is 5.82 Å². The van der Waals surface area contributed by atoms with Crippen LogP contribution in [0.25, 0.3) is 0 Å². The van der Waals surface area contributed by atoms with Gasteiger partial charge in [-0.15, -0.1) is 0 Å². The molecule has 0 saturated heterocycles. The van der Waals surface area contributed by atoms with Gasteiger partial charge in [0.2, 0.25) is 5.91 Å². The molecule has 0 radical (unpaired) electrons. The molecule has 0 saturated carbocycles. The lowest BCUT2D eigenvalue weighted by molar-refractivity contribution is -0.123. The highest BCUT2D eigenvalue weighted by atomic mass is 19.1. The summed E-state index contributed by atoms with van der Waals surface area (Å²) in [5, 5.41) is 5.50. The molecule has 2 amide bonds. The van der Waals surface area contributed by atoms with Crippen molar-refractivity contribution < 1.29 is 18.7 Å². The Balaban J connectivity index is 1.46. The summed E-state index contributed by atoms with van der Waals surface area (Å²) in [5.74, 6) is -1.16. The first-order valence-corrected chi connectivity index (χ1v) is 7.69. The van der Waals surface area contributed by atoms with Gasteiger partial charge in [0, 0.05) is 12.2 Å². The number of rotatable bonds is 6. The molecular formula is C18H17FN2O3. The minimum Gasteiger partial charge on any atom is -0.481 e. The van der Waals surface area contributed by atoms with Crippen molar-refractivity contribution in [2.75, 3.05) is 18.5 Å². The van der Waals surface area contributed by atoms with Crippen molar-refractivity contribution >= 4 is 17.5 Å². The van der Waals surface area contributed by atoms with E-state index in [1.165, 1.54) is 12.1 Å². The Hall–Kier alpha value is -2.89. The number of anilines is 1. The summed E-state index contributed by atoms with van der Waals surface area (Å²) in [6.07, 6.45) is 0.494. The van der Waals surface area contributed by atoms with Crippen molar-refractivity contribution in [3.8, 4) is 5.75 Å². The lowest BCUT2D eigenvalue weighted by atomic mass is 9.97. The number of carbonyl (C=O) groups excluding carboxylic acids is 2. The SMILES string of the molecule is O=C(COc1ccccc1F)NCCC1C(=O)Nc2ccccc21. The third kappa shape index (κ3) is 3.53. The Kier molecular flexibility index (Phi) is 4.74. The van der Waals surface area contributed by atoms with Crippen molar-refractivity contribution in [1.82, 2.24) is 5.32 Å². The number of ether oxygens (including phenoxy) is 1. The smallest absolute Gasteiger partial charge is 0.257 e. The Morgan fingerprint density at radius 1 is 1.17 bits per heavy atom. The number of hydrogen-bond acceptors (Lipinski definition) is 3. The average molecular weight is 328 g/mol. The molecule has 1 heterocycles. The molecule has 1 unspecified atom stereocenters. The second-order valence-electron chi connectivity index (χ2n) is 5.49. The van der Waals surface area contributed by atoms with E-state index < -0.39 is 5.82 Å². The summed E-state index contributed by atoms with van der Waals surface area (Å²) in [5.41, 5.74) is 1.76. The fourth-order valence-electron chi connectivity index (χ4n) is 2.67. The largest absolute Gasteiger partial charge is 0.481 e.